The molecule has 1 aliphatic heterocycles. The predicted octanol–water partition coefficient (Wildman–Crippen LogP) is 5.81. The summed E-state index contributed by atoms with van der Waals surface area (Å²) in [6, 6.07) is 11.1. The van der Waals surface area contributed by atoms with Gasteiger partial charge in [-0.25, -0.2) is 0 Å². The highest BCUT2D eigenvalue weighted by atomic mass is 35.5. The number of nitrogens with one attached hydrogen (secondary N) is 2. The monoisotopic (exact) mass is 491 g/mol. The number of hydrogen-bond acceptors (Lipinski definition) is 4. The van der Waals surface area contributed by atoms with Crippen molar-refractivity contribution in [1.82, 2.24) is 4.90 Å². The third-order valence-corrected chi connectivity index (χ3v) is 6.49. The van der Waals surface area contributed by atoms with Gasteiger partial charge in [0.1, 0.15) is 10.7 Å². The summed E-state index contributed by atoms with van der Waals surface area (Å²) in [4.78, 5) is 39.3. The smallest absolute Gasteiger partial charge is 0.279 e. The van der Waals surface area contributed by atoms with Crippen molar-refractivity contribution in [3.05, 3.63) is 68.8 Å². The fraction of sp³-hybridized carbons (Fsp3) is 0.261. The summed E-state index contributed by atoms with van der Waals surface area (Å²) in [5, 5.41) is 6.35. The Bertz CT molecular complexity index is 1110. The molecule has 9 heteroatoms. The maximum absolute atomic E-state index is 12.9. The van der Waals surface area contributed by atoms with Crippen LogP contribution in [0.5, 0.6) is 0 Å². The van der Waals surface area contributed by atoms with Crippen LogP contribution in [0.3, 0.4) is 0 Å². The molecule has 0 unspecified atom stereocenters. The zero-order valence-electron chi connectivity index (χ0n) is 17.0. The van der Waals surface area contributed by atoms with Crippen LogP contribution in [-0.4, -0.2) is 28.7 Å². The highest BCUT2D eigenvalue weighted by Gasteiger charge is 2.42. The Morgan fingerprint density at radius 3 is 2.25 bits per heavy atom. The van der Waals surface area contributed by atoms with Crippen molar-refractivity contribution in [2.24, 2.45) is 0 Å². The van der Waals surface area contributed by atoms with Gasteiger partial charge in [0.2, 0.25) is 0 Å². The molecular weight excluding hydrogens is 473 g/mol. The first-order valence-corrected chi connectivity index (χ1v) is 11.4. The second kappa shape index (κ2) is 9.53. The number of carbonyl (C=O) groups is 3. The van der Waals surface area contributed by atoms with Gasteiger partial charge < -0.3 is 10.6 Å². The quantitative estimate of drug-likeness (QED) is 0.516. The summed E-state index contributed by atoms with van der Waals surface area (Å²) in [6.45, 7) is 0. The number of amides is 3. The average molecular weight is 493 g/mol. The molecule has 0 atom stereocenters. The molecule has 1 aliphatic carbocycles. The van der Waals surface area contributed by atoms with Gasteiger partial charge in [-0.3, -0.25) is 19.3 Å². The Balaban J connectivity index is 1.44. The minimum Gasteiger partial charge on any atom is -0.350 e. The molecule has 6 nitrogen and oxygen atoms in total. The van der Waals surface area contributed by atoms with E-state index in [9.17, 15) is 14.4 Å². The first-order chi connectivity index (χ1) is 15.3. The van der Waals surface area contributed by atoms with E-state index in [1.165, 1.54) is 4.90 Å². The van der Waals surface area contributed by atoms with Crippen LogP contribution in [-0.2, 0) is 9.59 Å². The predicted molar refractivity (Wildman–Crippen MR) is 126 cm³/mol. The summed E-state index contributed by atoms with van der Waals surface area (Å²) in [6.07, 6.45) is 4.70. The molecule has 2 aromatic carbocycles. The Morgan fingerprint density at radius 2 is 1.59 bits per heavy atom. The van der Waals surface area contributed by atoms with Crippen molar-refractivity contribution < 1.29 is 14.4 Å². The number of hydrogen-bond donors (Lipinski definition) is 2. The van der Waals surface area contributed by atoms with Crippen LogP contribution in [0, 0.1) is 0 Å². The lowest BCUT2D eigenvalue weighted by Crippen LogP contribution is -2.42. The molecule has 2 N–H and O–H groups in total. The maximum atomic E-state index is 12.9. The molecule has 32 heavy (non-hydrogen) atoms. The molecule has 1 fully saturated rings. The van der Waals surface area contributed by atoms with Crippen molar-refractivity contribution in [2.75, 3.05) is 10.6 Å². The fourth-order valence-corrected chi connectivity index (χ4v) is 4.61. The molecule has 0 radical (unpaired) electrons. The molecule has 0 bridgehead atoms. The van der Waals surface area contributed by atoms with E-state index in [4.69, 9.17) is 34.8 Å². The second-order valence-corrected chi connectivity index (χ2v) is 8.96. The SMILES string of the molecule is O=C(Nc1ccc(Cl)cc1Cl)c1ccc(NC2=C(Cl)C(=O)N(C3CCCCC3)C2=O)cc1. The van der Waals surface area contributed by atoms with Gasteiger partial charge in [-0.2, -0.15) is 0 Å². The summed E-state index contributed by atoms with van der Waals surface area (Å²) >= 11 is 18.2. The van der Waals surface area contributed by atoms with E-state index in [-0.39, 0.29) is 22.7 Å². The van der Waals surface area contributed by atoms with Crippen molar-refractivity contribution in [3.8, 4) is 0 Å². The van der Waals surface area contributed by atoms with Gasteiger partial charge in [0, 0.05) is 22.3 Å². The molecule has 1 heterocycles. The normalized spacial score (nSPS) is 17.2. The molecule has 3 amide bonds. The van der Waals surface area contributed by atoms with Gasteiger partial charge in [-0.15, -0.1) is 0 Å². The van der Waals surface area contributed by atoms with Crippen LogP contribution >= 0.6 is 34.8 Å². The minimum atomic E-state index is -0.457. The molecule has 1 saturated carbocycles. The lowest BCUT2D eigenvalue weighted by atomic mass is 9.94. The van der Waals surface area contributed by atoms with Gasteiger partial charge in [0.05, 0.1) is 10.7 Å². The number of halogens is 3. The molecule has 0 aromatic heterocycles. The van der Waals surface area contributed by atoms with Crippen LogP contribution < -0.4 is 10.6 Å². The molecule has 0 spiro atoms. The first-order valence-electron chi connectivity index (χ1n) is 10.3. The average Bonchev–Trinajstić information content (AvgIpc) is 3.00. The summed E-state index contributed by atoms with van der Waals surface area (Å²) in [7, 11) is 0. The Kier molecular flexibility index (Phi) is 6.74. The van der Waals surface area contributed by atoms with E-state index in [2.05, 4.69) is 10.6 Å². The first kappa shape index (κ1) is 22.6. The second-order valence-electron chi connectivity index (χ2n) is 7.74. The zero-order chi connectivity index (χ0) is 22.8. The highest BCUT2D eigenvalue weighted by molar-refractivity contribution is 6.48. The molecule has 0 saturated heterocycles. The largest absolute Gasteiger partial charge is 0.350 e. The van der Waals surface area contributed by atoms with Crippen molar-refractivity contribution in [3.63, 3.8) is 0 Å². The fourth-order valence-electron chi connectivity index (χ4n) is 3.93. The lowest BCUT2D eigenvalue weighted by Gasteiger charge is -2.29. The molecule has 2 aliphatic rings. The third kappa shape index (κ3) is 4.63. The number of imide groups is 1. The minimum absolute atomic E-state index is 0.0624. The van der Waals surface area contributed by atoms with Gasteiger partial charge in [-0.05, 0) is 55.3 Å². The van der Waals surface area contributed by atoms with Gasteiger partial charge in [0.25, 0.3) is 17.7 Å². The van der Waals surface area contributed by atoms with Crippen LogP contribution in [0.15, 0.2) is 53.2 Å². The summed E-state index contributed by atoms with van der Waals surface area (Å²) in [5.41, 5.74) is 1.43. The molecule has 2 aromatic rings. The van der Waals surface area contributed by atoms with E-state index in [1.807, 2.05) is 0 Å². The van der Waals surface area contributed by atoms with E-state index in [1.54, 1.807) is 42.5 Å². The number of nitrogens with zero attached hydrogens (tertiary/aromatic N) is 1. The Hall–Kier alpha value is -2.54. The third-order valence-electron chi connectivity index (χ3n) is 5.59. The number of anilines is 2. The Morgan fingerprint density at radius 1 is 0.906 bits per heavy atom. The summed E-state index contributed by atoms with van der Waals surface area (Å²) in [5.74, 6) is -1.22. The molecule has 4 rings (SSSR count). The van der Waals surface area contributed by atoms with Crippen LogP contribution in [0.4, 0.5) is 11.4 Å². The number of rotatable bonds is 5. The zero-order valence-corrected chi connectivity index (χ0v) is 19.2. The van der Waals surface area contributed by atoms with Gasteiger partial charge in [-0.1, -0.05) is 54.1 Å². The van der Waals surface area contributed by atoms with Crippen molar-refractivity contribution in [2.45, 2.75) is 38.1 Å². The van der Waals surface area contributed by atoms with Crippen LogP contribution in [0.2, 0.25) is 10.0 Å². The van der Waals surface area contributed by atoms with Gasteiger partial charge >= 0.3 is 0 Å². The maximum Gasteiger partial charge on any atom is 0.279 e. The van der Waals surface area contributed by atoms with E-state index < -0.39 is 11.8 Å². The van der Waals surface area contributed by atoms with E-state index >= 15 is 0 Å². The topological polar surface area (TPSA) is 78.5 Å². The van der Waals surface area contributed by atoms with E-state index in [0.717, 1.165) is 32.1 Å². The lowest BCUT2D eigenvalue weighted by molar-refractivity contribution is -0.140. The number of benzene rings is 2. The van der Waals surface area contributed by atoms with Gasteiger partial charge in [0.15, 0.2) is 0 Å². The molecule has 166 valence electrons. The standard InChI is InChI=1S/C23H20Cl3N3O3/c24-14-8-11-18(17(25)12-14)28-21(30)13-6-9-15(10-7-13)27-20-19(26)22(31)29(23(20)32)16-4-2-1-3-5-16/h6-12,16,27H,1-5H2,(H,28,30). The van der Waals surface area contributed by atoms with Crippen LogP contribution in [0.1, 0.15) is 42.5 Å². The van der Waals surface area contributed by atoms with Crippen molar-refractivity contribution in [1.29, 1.82) is 0 Å². The van der Waals surface area contributed by atoms with E-state index in [0.29, 0.717) is 27.0 Å². The highest BCUT2D eigenvalue weighted by Crippen LogP contribution is 2.32. The van der Waals surface area contributed by atoms with Crippen LogP contribution in [0.25, 0.3) is 0 Å². The molecular formula is C23H20Cl3N3O3. The summed E-state index contributed by atoms with van der Waals surface area (Å²) < 4.78 is 0. The number of carbonyl (C=O) groups excluding carboxylic acids is 3. The Labute approximate surface area is 200 Å². The van der Waals surface area contributed by atoms with Crippen molar-refractivity contribution >= 4 is 63.9 Å².